The lowest BCUT2D eigenvalue weighted by atomic mass is 10.1. The van der Waals surface area contributed by atoms with Gasteiger partial charge in [0.05, 0.1) is 0 Å². The number of nitrogens with zero attached hydrogens (tertiary/aromatic N) is 1. The van der Waals surface area contributed by atoms with Gasteiger partial charge in [0.25, 0.3) is 0 Å². The summed E-state index contributed by atoms with van der Waals surface area (Å²) in [7, 11) is 0. The number of hydrogen-bond acceptors (Lipinski definition) is 2. The molecule has 0 aromatic heterocycles. The third-order valence-corrected chi connectivity index (χ3v) is 3.76. The van der Waals surface area contributed by atoms with Gasteiger partial charge in [0.15, 0.2) is 0 Å². The molecule has 106 valence electrons. The van der Waals surface area contributed by atoms with Gasteiger partial charge in [-0.25, -0.2) is 0 Å². The fourth-order valence-electron chi connectivity index (χ4n) is 2.30. The van der Waals surface area contributed by atoms with Gasteiger partial charge in [-0.2, -0.15) is 0 Å². The number of halogens is 2. The van der Waals surface area contributed by atoms with Crippen LogP contribution in [0.5, 0.6) is 0 Å². The molecule has 1 saturated heterocycles. The zero-order chi connectivity index (χ0) is 13.0. The molecule has 1 aromatic rings. The number of piperazine rings is 1. The van der Waals surface area contributed by atoms with Crippen LogP contribution in [-0.2, 0) is 11.2 Å². The van der Waals surface area contributed by atoms with E-state index in [1.54, 1.807) is 0 Å². The Hall–Kier alpha value is -0.770. The summed E-state index contributed by atoms with van der Waals surface area (Å²) < 4.78 is 0. The molecule has 5 heteroatoms. The monoisotopic (exact) mass is 302 g/mol. The van der Waals surface area contributed by atoms with Crippen molar-refractivity contribution in [1.29, 1.82) is 0 Å². The number of aryl methyl sites for hydroxylation is 1. The van der Waals surface area contributed by atoms with Gasteiger partial charge >= 0.3 is 0 Å². The highest BCUT2D eigenvalue weighted by molar-refractivity contribution is 6.31. The highest BCUT2D eigenvalue weighted by Crippen LogP contribution is 2.17. The Kier molecular flexibility index (Phi) is 6.63. The van der Waals surface area contributed by atoms with E-state index in [0.717, 1.165) is 36.6 Å². The van der Waals surface area contributed by atoms with Gasteiger partial charge in [0.1, 0.15) is 0 Å². The lowest BCUT2D eigenvalue weighted by molar-refractivity contribution is -0.133. The molecule has 0 spiro atoms. The molecule has 0 bridgehead atoms. The molecule has 0 radical (unpaired) electrons. The van der Waals surface area contributed by atoms with E-state index < -0.39 is 0 Å². The number of hydrogen-bond donors (Lipinski definition) is 1. The van der Waals surface area contributed by atoms with Crippen LogP contribution in [0.2, 0.25) is 5.02 Å². The number of benzene rings is 1. The molecular weight excluding hydrogens is 283 g/mol. The minimum absolute atomic E-state index is 0. The zero-order valence-corrected chi connectivity index (χ0v) is 12.6. The average molecular weight is 303 g/mol. The lowest BCUT2D eigenvalue weighted by Gasteiger charge is -2.34. The maximum Gasteiger partial charge on any atom is 0.223 e. The highest BCUT2D eigenvalue weighted by Gasteiger charge is 2.22. The van der Waals surface area contributed by atoms with Crippen LogP contribution in [0.25, 0.3) is 0 Å². The maximum atomic E-state index is 12.1. The third-order valence-electron chi connectivity index (χ3n) is 3.39. The third kappa shape index (κ3) is 4.37. The number of carbonyl (C=O) groups is 1. The predicted molar refractivity (Wildman–Crippen MR) is 81.1 cm³/mol. The van der Waals surface area contributed by atoms with Gasteiger partial charge in [-0.15, -0.1) is 12.4 Å². The zero-order valence-electron chi connectivity index (χ0n) is 11.1. The fourth-order valence-corrected chi connectivity index (χ4v) is 2.53. The number of rotatable bonds is 3. The van der Waals surface area contributed by atoms with Crippen molar-refractivity contribution in [3.05, 3.63) is 34.9 Å². The Labute approximate surface area is 125 Å². The predicted octanol–water partition coefficient (Wildman–Crippen LogP) is 2.51. The SMILES string of the molecule is C[C@H]1CNCCN1C(=O)CCc1ccccc1Cl.Cl. The molecule has 1 aromatic carbocycles. The van der Waals surface area contributed by atoms with Crippen molar-refractivity contribution in [2.24, 2.45) is 0 Å². The number of carbonyl (C=O) groups excluding carboxylic acids is 1. The van der Waals surface area contributed by atoms with Gasteiger partial charge in [0, 0.05) is 37.1 Å². The molecule has 2 rings (SSSR count). The molecule has 1 amide bonds. The Balaban J connectivity index is 0.00000180. The molecular formula is C14H20Cl2N2O. The minimum Gasteiger partial charge on any atom is -0.337 e. The van der Waals surface area contributed by atoms with Crippen molar-refractivity contribution in [3.8, 4) is 0 Å². The molecule has 1 fully saturated rings. The number of nitrogens with one attached hydrogen (secondary N) is 1. The normalized spacial score (nSPS) is 18.8. The Morgan fingerprint density at radius 2 is 2.21 bits per heavy atom. The maximum absolute atomic E-state index is 12.1. The summed E-state index contributed by atoms with van der Waals surface area (Å²) in [4.78, 5) is 14.1. The Bertz CT molecular complexity index is 426. The minimum atomic E-state index is 0. The van der Waals surface area contributed by atoms with Crippen LogP contribution in [0.4, 0.5) is 0 Å². The van der Waals surface area contributed by atoms with Gasteiger partial charge in [0.2, 0.25) is 5.91 Å². The highest BCUT2D eigenvalue weighted by atomic mass is 35.5. The van der Waals surface area contributed by atoms with E-state index in [-0.39, 0.29) is 24.4 Å². The summed E-state index contributed by atoms with van der Waals surface area (Å²) in [6, 6.07) is 8.01. The van der Waals surface area contributed by atoms with Crippen LogP contribution in [-0.4, -0.2) is 36.5 Å². The molecule has 0 unspecified atom stereocenters. The van der Waals surface area contributed by atoms with Gasteiger partial charge in [-0.1, -0.05) is 29.8 Å². The largest absolute Gasteiger partial charge is 0.337 e. The summed E-state index contributed by atoms with van der Waals surface area (Å²) >= 11 is 6.09. The van der Waals surface area contributed by atoms with E-state index >= 15 is 0 Å². The van der Waals surface area contributed by atoms with Gasteiger partial charge < -0.3 is 10.2 Å². The van der Waals surface area contributed by atoms with E-state index in [9.17, 15) is 4.79 Å². The van der Waals surface area contributed by atoms with Gasteiger partial charge in [-0.3, -0.25) is 4.79 Å². The van der Waals surface area contributed by atoms with Crippen LogP contribution in [0, 0.1) is 0 Å². The van der Waals surface area contributed by atoms with Crippen LogP contribution < -0.4 is 5.32 Å². The van der Waals surface area contributed by atoms with E-state index in [1.807, 2.05) is 29.2 Å². The van der Waals surface area contributed by atoms with E-state index in [1.165, 1.54) is 0 Å². The second-order valence-corrected chi connectivity index (χ2v) is 5.14. The Morgan fingerprint density at radius 1 is 1.47 bits per heavy atom. The first-order chi connectivity index (χ1) is 8.68. The summed E-state index contributed by atoms with van der Waals surface area (Å²) in [6.45, 7) is 4.67. The molecule has 0 saturated carbocycles. The molecule has 19 heavy (non-hydrogen) atoms. The fraction of sp³-hybridized carbons (Fsp3) is 0.500. The first-order valence-corrected chi connectivity index (χ1v) is 6.80. The van der Waals surface area contributed by atoms with Crippen LogP contribution in [0.1, 0.15) is 18.9 Å². The molecule has 1 N–H and O–H groups in total. The second-order valence-electron chi connectivity index (χ2n) is 4.73. The van der Waals surface area contributed by atoms with Gasteiger partial charge in [-0.05, 0) is 25.0 Å². The van der Waals surface area contributed by atoms with Crippen LogP contribution in [0.3, 0.4) is 0 Å². The molecule has 1 atom stereocenters. The summed E-state index contributed by atoms with van der Waals surface area (Å²) in [5.41, 5.74) is 1.05. The molecule has 1 aliphatic heterocycles. The van der Waals surface area contributed by atoms with Crippen molar-refractivity contribution >= 4 is 29.9 Å². The topological polar surface area (TPSA) is 32.3 Å². The van der Waals surface area contributed by atoms with Crippen molar-refractivity contribution in [2.45, 2.75) is 25.8 Å². The Morgan fingerprint density at radius 3 is 2.89 bits per heavy atom. The van der Waals surface area contributed by atoms with Crippen molar-refractivity contribution in [1.82, 2.24) is 10.2 Å². The first kappa shape index (κ1) is 16.3. The van der Waals surface area contributed by atoms with E-state index in [2.05, 4.69) is 12.2 Å². The lowest BCUT2D eigenvalue weighted by Crippen LogP contribution is -2.52. The van der Waals surface area contributed by atoms with E-state index in [0.29, 0.717) is 6.42 Å². The van der Waals surface area contributed by atoms with Crippen molar-refractivity contribution in [3.63, 3.8) is 0 Å². The van der Waals surface area contributed by atoms with Crippen molar-refractivity contribution in [2.75, 3.05) is 19.6 Å². The molecule has 1 aliphatic rings. The molecule has 0 aliphatic carbocycles. The molecule has 1 heterocycles. The first-order valence-electron chi connectivity index (χ1n) is 6.42. The quantitative estimate of drug-likeness (QED) is 0.930. The molecule has 3 nitrogen and oxygen atoms in total. The standard InChI is InChI=1S/C14H19ClN2O.ClH/c1-11-10-16-8-9-17(11)14(18)7-6-12-4-2-3-5-13(12)15;/h2-5,11,16H,6-10H2,1H3;1H/t11-;/m0./s1. The summed E-state index contributed by atoms with van der Waals surface area (Å²) in [6.07, 6.45) is 1.25. The van der Waals surface area contributed by atoms with E-state index in [4.69, 9.17) is 11.6 Å². The smallest absolute Gasteiger partial charge is 0.223 e. The average Bonchev–Trinajstić information content (AvgIpc) is 2.38. The second kappa shape index (κ2) is 7.73. The van der Waals surface area contributed by atoms with Crippen LogP contribution in [0.15, 0.2) is 24.3 Å². The van der Waals surface area contributed by atoms with Crippen LogP contribution >= 0.6 is 24.0 Å². The summed E-state index contributed by atoms with van der Waals surface area (Å²) in [5.74, 6) is 0.226. The summed E-state index contributed by atoms with van der Waals surface area (Å²) in [5, 5.41) is 4.04. The van der Waals surface area contributed by atoms with Crippen molar-refractivity contribution < 1.29 is 4.79 Å². The number of amides is 1.